The third kappa shape index (κ3) is 4.63. The summed E-state index contributed by atoms with van der Waals surface area (Å²) in [5, 5.41) is 2.94. The molecule has 1 aliphatic rings. The van der Waals surface area contributed by atoms with Crippen molar-refractivity contribution in [2.75, 3.05) is 38.4 Å². The molecule has 1 aromatic carbocycles. The van der Waals surface area contributed by atoms with Crippen LogP contribution in [0.5, 0.6) is 5.75 Å². The molecule has 0 fully saturated rings. The highest BCUT2D eigenvalue weighted by atomic mass is 32.2. The molecule has 10 heteroatoms. The molecular weight excluding hydrogens is 494 g/mol. The van der Waals surface area contributed by atoms with E-state index in [1.54, 1.807) is 18.4 Å². The van der Waals surface area contributed by atoms with Crippen LogP contribution >= 0.6 is 11.3 Å². The molecule has 8 nitrogen and oxygen atoms in total. The first-order chi connectivity index (χ1) is 17.3. The molecule has 0 saturated carbocycles. The van der Waals surface area contributed by atoms with Gasteiger partial charge in [0.1, 0.15) is 17.2 Å². The van der Waals surface area contributed by atoms with Gasteiger partial charge in [-0.25, -0.2) is 18.4 Å². The zero-order valence-corrected chi connectivity index (χ0v) is 22.4. The second kappa shape index (κ2) is 9.68. The smallest absolute Gasteiger partial charge is 0.211 e. The van der Waals surface area contributed by atoms with Crippen molar-refractivity contribution in [3.63, 3.8) is 0 Å². The highest BCUT2D eigenvalue weighted by Crippen LogP contribution is 2.35. The number of sulfonamides is 1. The van der Waals surface area contributed by atoms with Gasteiger partial charge in [-0.2, -0.15) is 4.31 Å². The molecule has 0 amide bonds. The van der Waals surface area contributed by atoms with Gasteiger partial charge in [0, 0.05) is 37.3 Å². The second-order valence-corrected chi connectivity index (χ2v) is 11.6. The second-order valence-electron chi connectivity index (χ2n) is 8.78. The van der Waals surface area contributed by atoms with Crippen LogP contribution in [0.4, 0.5) is 10.9 Å². The Morgan fingerprint density at radius 1 is 1.11 bits per heavy atom. The summed E-state index contributed by atoms with van der Waals surface area (Å²) < 4.78 is 32.7. The molecule has 0 aliphatic carbocycles. The zero-order valence-electron chi connectivity index (χ0n) is 20.8. The number of benzene rings is 1. The van der Waals surface area contributed by atoms with E-state index >= 15 is 0 Å². The molecule has 0 bridgehead atoms. The Labute approximate surface area is 215 Å². The minimum atomic E-state index is -3.18. The first kappa shape index (κ1) is 24.5. The first-order valence-electron chi connectivity index (χ1n) is 11.8. The van der Waals surface area contributed by atoms with Gasteiger partial charge in [-0.1, -0.05) is 13.0 Å². The number of rotatable bonds is 7. The predicted molar refractivity (Wildman–Crippen MR) is 146 cm³/mol. The van der Waals surface area contributed by atoms with Gasteiger partial charge in [0.15, 0.2) is 5.13 Å². The summed E-state index contributed by atoms with van der Waals surface area (Å²) in [5.74, 6) is 1.80. The molecule has 0 spiro atoms. The van der Waals surface area contributed by atoms with Gasteiger partial charge in [-0.15, -0.1) is 11.3 Å². The summed E-state index contributed by atoms with van der Waals surface area (Å²) >= 11 is 1.59. The van der Waals surface area contributed by atoms with Crippen molar-refractivity contribution in [2.45, 2.75) is 19.8 Å². The lowest BCUT2D eigenvalue weighted by Crippen LogP contribution is -2.33. The van der Waals surface area contributed by atoms with Crippen molar-refractivity contribution in [2.24, 2.45) is 0 Å². The molecule has 3 aromatic heterocycles. The fourth-order valence-corrected chi connectivity index (χ4v) is 6.05. The highest BCUT2D eigenvalue weighted by Gasteiger charge is 2.22. The lowest BCUT2D eigenvalue weighted by molar-refractivity contribution is 0.415. The SMILES string of the molecule is CCc1nc2ccc(C3=CCN(S(C)(=O)=O)CC3)cn2c1N(C)c1nc(-c2ccc(OC)cc2)cs1. The maximum atomic E-state index is 11.9. The van der Waals surface area contributed by atoms with Gasteiger partial charge in [0.2, 0.25) is 10.0 Å². The summed E-state index contributed by atoms with van der Waals surface area (Å²) in [6.45, 7) is 3.00. The summed E-state index contributed by atoms with van der Waals surface area (Å²) in [7, 11) is 0.501. The molecule has 5 rings (SSSR count). The van der Waals surface area contributed by atoms with Crippen LogP contribution in [0.3, 0.4) is 0 Å². The van der Waals surface area contributed by atoms with E-state index in [4.69, 9.17) is 14.7 Å². The van der Waals surface area contributed by atoms with Crippen LogP contribution in [0.1, 0.15) is 24.6 Å². The number of pyridine rings is 1. The van der Waals surface area contributed by atoms with E-state index < -0.39 is 10.0 Å². The molecule has 36 heavy (non-hydrogen) atoms. The van der Waals surface area contributed by atoms with Crippen molar-refractivity contribution in [3.8, 4) is 17.0 Å². The average Bonchev–Trinajstić information content (AvgIpc) is 3.53. The summed E-state index contributed by atoms with van der Waals surface area (Å²) in [6.07, 6.45) is 6.84. The maximum absolute atomic E-state index is 11.9. The number of thiazole rings is 1. The number of hydrogen-bond donors (Lipinski definition) is 0. The Bertz CT molecular complexity index is 1540. The molecule has 0 radical (unpaired) electrons. The van der Waals surface area contributed by atoms with Crippen molar-refractivity contribution in [3.05, 3.63) is 65.3 Å². The summed E-state index contributed by atoms with van der Waals surface area (Å²) in [4.78, 5) is 11.9. The van der Waals surface area contributed by atoms with Crippen LogP contribution < -0.4 is 9.64 Å². The monoisotopic (exact) mass is 523 g/mol. The number of hydrogen-bond acceptors (Lipinski definition) is 7. The van der Waals surface area contributed by atoms with Gasteiger partial charge in [-0.05, 0) is 60.4 Å². The third-order valence-corrected chi connectivity index (χ3v) is 8.68. The topological polar surface area (TPSA) is 80.0 Å². The zero-order chi connectivity index (χ0) is 25.4. The number of ether oxygens (including phenoxy) is 1. The molecule has 4 aromatic rings. The van der Waals surface area contributed by atoms with E-state index in [1.807, 2.05) is 43.5 Å². The number of aryl methyl sites for hydroxylation is 1. The van der Waals surface area contributed by atoms with E-state index in [0.717, 1.165) is 56.9 Å². The predicted octanol–water partition coefficient (Wildman–Crippen LogP) is 4.85. The minimum Gasteiger partial charge on any atom is -0.497 e. The van der Waals surface area contributed by atoms with Gasteiger partial charge >= 0.3 is 0 Å². The standard InChI is InChI=1S/C26H29N5O3S2/c1-5-22-25(29(2)26-28-23(17-35-26)19-6-9-21(34-3)10-7-19)31-16-20(8-11-24(31)27-22)18-12-14-30(15-13-18)36(4,32)33/h6-12,16-17H,5,13-15H2,1-4H3. The average molecular weight is 524 g/mol. The van der Waals surface area contributed by atoms with Crippen molar-refractivity contribution >= 4 is 43.5 Å². The van der Waals surface area contributed by atoms with Crippen LogP contribution in [0.25, 0.3) is 22.5 Å². The van der Waals surface area contributed by atoms with Crippen LogP contribution in [-0.2, 0) is 16.4 Å². The Kier molecular flexibility index (Phi) is 6.59. The minimum absolute atomic E-state index is 0.399. The molecule has 0 saturated heterocycles. The molecular formula is C26H29N5O3S2. The van der Waals surface area contributed by atoms with Crippen molar-refractivity contribution in [1.29, 1.82) is 0 Å². The highest BCUT2D eigenvalue weighted by molar-refractivity contribution is 7.88. The number of methoxy groups -OCH3 is 1. The molecule has 1 aliphatic heterocycles. The lowest BCUT2D eigenvalue weighted by atomic mass is 10.0. The first-order valence-corrected chi connectivity index (χ1v) is 14.5. The van der Waals surface area contributed by atoms with Gasteiger partial charge < -0.3 is 9.64 Å². The Morgan fingerprint density at radius 3 is 2.50 bits per heavy atom. The van der Waals surface area contributed by atoms with E-state index in [1.165, 1.54) is 10.6 Å². The Hall–Kier alpha value is -3.21. The summed E-state index contributed by atoms with van der Waals surface area (Å²) in [5.41, 5.74) is 6.04. The van der Waals surface area contributed by atoms with Gasteiger partial charge in [0.25, 0.3) is 0 Å². The molecule has 0 N–H and O–H groups in total. The normalized spacial score (nSPS) is 14.7. The van der Waals surface area contributed by atoms with Crippen LogP contribution in [0, 0.1) is 0 Å². The number of fused-ring (bicyclic) bond motifs is 1. The number of anilines is 2. The van der Waals surface area contributed by atoms with Crippen LogP contribution in [-0.4, -0.2) is 60.6 Å². The van der Waals surface area contributed by atoms with E-state index in [9.17, 15) is 8.42 Å². The number of aromatic nitrogens is 3. The molecule has 188 valence electrons. The Balaban J connectivity index is 1.49. The number of imidazole rings is 1. The van der Waals surface area contributed by atoms with E-state index in [2.05, 4.69) is 33.9 Å². The number of nitrogens with zero attached hydrogens (tertiary/aromatic N) is 5. The molecule has 0 unspecified atom stereocenters. The largest absolute Gasteiger partial charge is 0.497 e. The summed E-state index contributed by atoms with van der Waals surface area (Å²) in [6, 6.07) is 12.0. The van der Waals surface area contributed by atoms with Crippen LogP contribution in [0.15, 0.2) is 54.1 Å². The Morgan fingerprint density at radius 2 is 1.86 bits per heavy atom. The van der Waals surface area contributed by atoms with Crippen molar-refractivity contribution in [1.82, 2.24) is 18.7 Å². The quantitative estimate of drug-likeness (QED) is 0.345. The van der Waals surface area contributed by atoms with E-state index in [0.29, 0.717) is 19.5 Å². The fourth-order valence-electron chi connectivity index (χ4n) is 4.48. The van der Waals surface area contributed by atoms with Crippen molar-refractivity contribution < 1.29 is 13.2 Å². The third-order valence-electron chi connectivity index (χ3n) is 6.49. The molecule has 0 atom stereocenters. The van der Waals surface area contributed by atoms with Gasteiger partial charge in [-0.3, -0.25) is 4.40 Å². The fraction of sp³-hybridized carbons (Fsp3) is 0.308. The lowest BCUT2D eigenvalue weighted by Gasteiger charge is -2.24. The maximum Gasteiger partial charge on any atom is 0.211 e. The molecule has 4 heterocycles. The van der Waals surface area contributed by atoms with Gasteiger partial charge in [0.05, 0.1) is 24.8 Å². The van der Waals surface area contributed by atoms with E-state index in [-0.39, 0.29) is 0 Å². The van der Waals surface area contributed by atoms with Crippen LogP contribution in [0.2, 0.25) is 0 Å².